The summed E-state index contributed by atoms with van der Waals surface area (Å²) in [5.41, 5.74) is 3.49. The first-order valence-electron chi connectivity index (χ1n) is 7.78. The van der Waals surface area contributed by atoms with Crippen molar-refractivity contribution in [1.29, 1.82) is 0 Å². The van der Waals surface area contributed by atoms with E-state index in [4.69, 9.17) is 0 Å². The standard InChI is InChI=1S/C16H27N5/c1-6-8-17-16(15-11-20(5)18-13(15)4)10-14-7-9-21(19-14)12(2)3/h7,9,11-12,16-17H,6,8,10H2,1-5H3. The van der Waals surface area contributed by atoms with Gasteiger partial charge in [-0.3, -0.25) is 9.36 Å². The highest BCUT2D eigenvalue weighted by atomic mass is 15.3. The second-order valence-electron chi connectivity index (χ2n) is 5.94. The van der Waals surface area contributed by atoms with E-state index in [1.54, 1.807) is 0 Å². The maximum absolute atomic E-state index is 4.67. The topological polar surface area (TPSA) is 47.7 Å². The summed E-state index contributed by atoms with van der Waals surface area (Å²) in [5, 5.41) is 12.8. The highest BCUT2D eigenvalue weighted by Gasteiger charge is 2.18. The number of hydrogen-bond donors (Lipinski definition) is 1. The Kier molecular flexibility index (Phi) is 5.17. The molecule has 1 N–H and O–H groups in total. The second-order valence-corrected chi connectivity index (χ2v) is 5.94. The SMILES string of the molecule is CCCNC(Cc1ccn(C(C)C)n1)c1cn(C)nc1C. The fourth-order valence-corrected chi connectivity index (χ4v) is 2.55. The van der Waals surface area contributed by atoms with Crippen molar-refractivity contribution in [3.05, 3.63) is 35.4 Å². The third-order valence-electron chi connectivity index (χ3n) is 3.67. The summed E-state index contributed by atoms with van der Waals surface area (Å²) in [6.07, 6.45) is 6.19. The summed E-state index contributed by atoms with van der Waals surface area (Å²) in [6, 6.07) is 2.79. The van der Waals surface area contributed by atoms with Crippen LogP contribution >= 0.6 is 0 Å². The van der Waals surface area contributed by atoms with Crippen LogP contribution in [0.5, 0.6) is 0 Å². The van der Waals surface area contributed by atoms with Crippen LogP contribution in [0.4, 0.5) is 0 Å². The van der Waals surface area contributed by atoms with Gasteiger partial charge in [0.1, 0.15) is 0 Å². The van der Waals surface area contributed by atoms with E-state index in [2.05, 4.69) is 61.7 Å². The smallest absolute Gasteiger partial charge is 0.0643 e. The zero-order chi connectivity index (χ0) is 15.4. The van der Waals surface area contributed by atoms with Gasteiger partial charge in [0.05, 0.1) is 11.4 Å². The minimum absolute atomic E-state index is 0.272. The number of rotatable bonds is 7. The van der Waals surface area contributed by atoms with Gasteiger partial charge in [-0.2, -0.15) is 10.2 Å². The molecule has 0 spiro atoms. The van der Waals surface area contributed by atoms with Crippen molar-refractivity contribution < 1.29 is 0 Å². The third kappa shape index (κ3) is 3.94. The highest BCUT2D eigenvalue weighted by Crippen LogP contribution is 2.21. The fourth-order valence-electron chi connectivity index (χ4n) is 2.55. The molecule has 0 aliphatic heterocycles. The van der Waals surface area contributed by atoms with Gasteiger partial charge in [-0.1, -0.05) is 6.92 Å². The monoisotopic (exact) mass is 289 g/mol. The largest absolute Gasteiger partial charge is 0.309 e. The number of aromatic nitrogens is 4. The van der Waals surface area contributed by atoms with Crippen molar-refractivity contribution >= 4 is 0 Å². The van der Waals surface area contributed by atoms with Crippen LogP contribution < -0.4 is 5.32 Å². The zero-order valence-electron chi connectivity index (χ0n) is 13.8. The molecule has 0 aliphatic rings. The molecule has 1 unspecified atom stereocenters. The summed E-state index contributed by atoms with van der Waals surface area (Å²) in [5.74, 6) is 0. The van der Waals surface area contributed by atoms with E-state index < -0.39 is 0 Å². The minimum Gasteiger partial charge on any atom is -0.309 e. The van der Waals surface area contributed by atoms with Crippen molar-refractivity contribution in [3.63, 3.8) is 0 Å². The summed E-state index contributed by atoms with van der Waals surface area (Å²) in [4.78, 5) is 0. The van der Waals surface area contributed by atoms with Gasteiger partial charge in [0.15, 0.2) is 0 Å². The Hall–Kier alpha value is -1.62. The lowest BCUT2D eigenvalue weighted by Crippen LogP contribution is -2.24. The molecule has 0 aromatic carbocycles. The molecule has 0 amide bonds. The molecule has 0 saturated carbocycles. The summed E-state index contributed by atoms with van der Waals surface area (Å²) >= 11 is 0. The molecule has 0 radical (unpaired) electrons. The predicted molar refractivity (Wildman–Crippen MR) is 85.3 cm³/mol. The Morgan fingerprint density at radius 1 is 1.29 bits per heavy atom. The normalized spacial score (nSPS) is 13.0. The quantitative estimate of drug-likeness (QED) is 0.852. The molecule has 21 heavy (non-hydrogen) atoms. The van der Waals surface area contributed by atoms with E-state index in [0.29, 0.717) is 6.04 Å². The van der Waals surface area contributed by atoms with Crippen molar-refractivity contribution in [2.75, 3.05) is 6.54 Å². The molecule has 2 aromatic rings. The lowest BCUT2D eigenvalue weighted by molar-refractivity contribution is 0.498. The average Bonchev–Trinajstić information content (AvgIpc) is 3.01. The molecule has 0 fully saturated rings. The van der Waals surface area contributed by atoms with Gasteiger partial charge >= 0.3 is 0 Å². The van der Waals surface area contributed by atoms with Gasteiger partial charge in [-0.15, -0.1) is 0 Å². The maximum Gasteiger partial charge on any atom is 0.0643 e. The molecule has 0 bridgehead atoms. The van der Waals surface area contributed by atoms with Crippen LogP contribution in [0.3, 0.4) is 0 Å². The van der Waals surface area contributed by atoms with Crippen LogP contribution in [0.2, 0.25) is 0 Å². The third-order valence-corrected chi connectivity index (χ3v) is 3.67. The Labute approximate surface area is 127 Å². The van der Waals surface area contributed by atoms with E-state index in [0.717, 1.165) is 30.8 Å². The molecular weight excluding hydrogens is 262 g/mol. The first kappa shape index (κ1) is 15.8. The van der Waals surface area contributed by atoms with E-state index in [-0.39, 0.29) is 6.04 Å². The maximum atomic E-state index is 4.67. The summed E-state index contributed by atoms with van der Waals surface area (Å²) in [7, 11) is 1.97. The Morgan fingerprint density at radius 2 is 2.05 bits per heavy atom. The number of aryl methyl sites for hydroxylation is 2. The molecule has 2 rings (SSSR count). The Balaban J connectivity index is 2.17. The zero-order valence-corrected chi connectivity index (χ0v) is 13.8. The van der Waals surface area contributed by atoms with Gasteiger partial charge in [-0.25, -0.2) is 0 Å². The van der Waals surface area contributed by atoms with Gasteiger partial charge in [0.25, 0.3) is 0 Å². The van der Waals surface area contributed by atoms with Gasteiger partial charge in [0.2, 0.25) is 0 Å². The van der Waals surface area contributed by atoms with Gasteiger partial charge < -0.3 is 5.32 Å². The van der Waals surface area contributed by atoms with Crippen LogP contribution in [-0.2, 0) is 13.5 Å². The van der Waals surface area contributed by atoms with Crippen molar-refractivity contribution in [3.8, 4) is 0 Å². The van der Waals surface area contributed by atoms with Crippen LogP contribution in [0.1, 0.15) is 56.2 Å². The molecule has 2 heterocycles. The average molecular weight is 289 g/mol. The molecule has 0 aliphatic carbocycles. The number of hydrogen-bond acceptors (Lipinski definition) is 3. The molecular formula is C16H27N5. The molecule has 2 aromatic heterocycles. The van der Waals surface area contributed by atoms with E-state index in [1.807, 2.05) is 16.4 Å². The first-order chi connectivity index (χ1) is 10.0. The van der Waals surface area contributed by atoms with E-state index in [9.17, 15) is 0 Å². The molecule has 116 valence electrons. The van der Waals surface area contributed by atoms with Crippen molar-refractivity contribution in [2.24, 2.45) is 7.05 Å². The van der Waals surface area contributed by atoms with Crippen LogP contribution in [-0.4, -0.2) is 26.1 Å². The Morgan fingerprint density at radius 3 is 2.57 bits per heavy atom. The molecule has 1 atom stereocenters. The Bertz CT molecular complexity index is 567. The second kappa shape index (κ2) is 6.89. The lowest BCUT2D eigenvalue weighted by atomic mass is 10.0. The molecule has 0 saturated heterocycles. The van der Waals surface area contributed by atoms with E-state index in [1.165, 1.54) is 5.56 Å². The predicted octanol–water partition coefficient (Wildman–Crippen LogP) is 2.79. The first-order valence-corrected chi connectivity index (χ1v) is 7.78. The number of nitrogens with zero attached hydrogens (tertiary/aromatic N) is 4. The lowest BCUT2D eigenvalue weighted by Gasteiger charge is -2.17. The van der Waals surface area contributed by atoms with Crippen LogP contribution in [0.25, 0.3) is 0 Å². The van der Waals surface area contributed by atoms with Gasteiger partial charge in [-0.05, 0) is 39.8 Å². The van der Waals surface area contributed by atoms with Crippen molar-refractivity contribution in [1.82, 2.24) is 24.9 Å². The molecule has 5 nitrogen and oxygen atoms in total. The van der Waals surface area contributed by atoms with Crippen LogP contribution in [0, 0.1) is 6.92 Å². The van der Waals surface area contributed by atoms with Crippen molar-refractivity contribution in [2.45, 2.75) is 52.6 Å². The summed E-state index contributed by atoms with van der Waals surface area (Å²) in [6.45, 7) is 9.56. The van der Waals surface area contributed by atoms with Crippen LogP contribution in [0.15, 0.2) is 18.5 Å². The minimum atomic E-state index is 0.272. The molecule has 5 heteroatoms. The highest BCUT2D eigenvalue weighted by molar-refractivity contribution is 5.22. The summed E-state index contributed by atoms with van der Waals surface area (Å²) < 4.78 is 3.90. The fraction of sp³-hybridized carbons (Fsp3) is 0.625. The van der Waals surface area contributed by atoms with Gasteiger partial charge in [0, 0.05) is 43.5 Å². The number of nitrogens with one attached hydrogen (secondary N) is 1. The van der Waals surface area contributed by atoms with E-state index >= 15 is 0 Å².